The summed E-state index contributed by atoms with van der Waals surface area (Å²) in [5.74, 6) is 0.581. The average molecular weight is 543 g/mol. The summed E-state index contributed by atoms with van der Waals surface area (Å²) in [6.07, 6.45) is 3.17. The van der Waals surface area contributed by atoms with E-state index in [0.29, 0.717) is 44.8 Å². The van der Waals surface area contributed by atoms with E-state index in [1.165, 1.54) is 6.33 Å². The summed E-state index contributed by atoms with van der Waals surface area (Å²) in [6, 6.07) is 16.3. The molecule has 39 heavy (non-hydrogen) atoms. The highest BCUT2D eigenvalue weighted by Crippen LogP contribution is 2.30. The summed E-state index contributed by atoms with van der Waals surface area (Å²) in [5, 5.41) is 13.2. The lowest BCUT2D eigenvalue weighted by atomic mass is 10.1. The van der Waals surface area contributed by atoms with E-state index in [0.717, 1.165) is 5.69 Å². The highest BCUT2D eigenvalue weighted by Gasteiger charge is 2.36. The van der Waals surface area contributed by atoms with Crippen molar-refractivity contribution in [2.75, 3.05) is 23.9 Å². The van der Waals surface area contributed by atoms with E-state index in [9.17, 15) is 9.59 Å². The zero-order chi connectivity index (χ0) is 27.1. The molecular formula is C27H23ClN8O3. The first-order valence-electron chi connectivity index (χ1n) is 12.2. The van der Waals surface area contributed by atoms with Crippen LogP contribution in [0.5, 0.6) is 5.75 Å². The molecule has 1 atom stereocenters. The average Bonchev–Trinajstić information content (AvgIpc) is 3.65. The van der Waals surface area contributed by atoms with Crippen LogP contribution in [0.1, 0.15) is 12.1 Å². The summed E-state index contributed by atoms with van der Waals surface area (Å²) in [5.41, 5.74) is 2.68. The number of fused-ring (bicyclic) bond motifs is 1. The lowest BCUT2D eigenvalue weighted by Crippen LogP contribution is -2.28. The molecule has 1 unspecified atom stereocenters. The second-order valence-corrected chi connectivity index (χ2v) is 9.59. The van der Waals surface area contributed by atoms with Crippen molar-refractivity contribution >= 4 is 46.0 Å². The Balaban J connectivity index is 1.28. The maximum atomic E-state index is 13.3. The first kappa shape index (κ1) is 24.6. The maximum absolute atomic E-state index is 13.3. The fourth-order valence-electron chi connectivity index (χ4n) is 4.69. The number of methoxy groups -OCH3 is 1. The monoisotopic (exact) mass is 542 g/mol. The van der Waals surface area contributed by atoms with Gasteiger partial charge in [0.15, 0.2) is 11.5 Å². The standard InChI is InChI=1S/C27H23ClN8O3/c1-16-9-23(32-27(38)17-10-24(37)34(14-17)19-6-4-8-21(12-19)39-2)36(33-16)26-22-13-31-35(25(22)29-15-30-26)20-7-3-5-18(28)11-20/h3-9,11-13,15,17H,10,14H2,1-2H3,(H,32,38). The molecule has 2 amide bonds. The molecule has 1 aliphatic rings. The van der Waals surface area contributed by atoms with E-state index in [1.807, 2.05) is 31.2 Å². The van der Waals surface area contributed by atoms with E-state index < -0.39 is 5.92 Å². The zero-order valence-electron chi connectivity index (χ0n) is 21.1. The van der Waals surface area contributed by atoms with Crippen LogP contribution in [0.2, 0.25) is 5.02 Å². The van der Waals surface area contributed by atoms with Crippen molar-refractivity contribution in [2.45, 2.75) is 13.3 Å². The van der Waals surface area contributed by atoms with Crippen LogP contribution in [0.25, 0.3) is 22.5 Å². The van der Waals surface area contributed by atoms with Crippen molar-refractivity contribution in [1.29, 1.82) is 0 Å². The molecule has 0 saturated carbocycles. The predicted molar refractivity (Wildman–Crippen MR) is 146 cm³/mol. The Hall–Kier alpha value is -4.77. The molecule has 0 aliphatic carbocycles. The van der Waals surface area contributed by atoms with Gasteiger partial charge in [0, 0.05) is 35.8 Å². The van der Waals surface area contributed by atoms with Gasteiger partial charge in [-0.15, -0.1) is 0 Å². The first-order chi connectivity index (χ1) is 18.9. The van der Waals surface area contributed by atoms with E-state index in [2.05, 4.69) is 25.5 Å². The number of nitrogens with zero attached hydrogens (tertiary/aromatic N) is 7. The van der Waals surface area contributed by atoms with Crippen molar-refractivity contribution < 1.29 is 14.3 Å². The van der Waals surface area contributed by atoms with Crippen molar-refractivity contribution in [2.24, 2.45) is 5.92 Å². The number of hydrogen-bond donors (Lipinski definition) is 1. The zero-order valence-corrected chi connectivity index (χ0v) is 21.8. The molecule has 1 N–H and O–H groups in total. The molecule has 11 nitrogen and oxygen atoms in total. The normalized spacial score (nSPS) is 15.2. The summed E-state index contributed by atoms with van der Waals surface area (Å²) in [6.45, 7) is 2.08. The highest BCUT2D eigenvalue weighted by molar-refractivity contribution is 6.30. The Morgan fingerprint density at radius 1 is 1.08 bits per heavy atom. The molecule has 2 aromatic carbocycles. The number of aromatic nitrogens is 6. The quantitative estimate of drug-likeness (QED) is 0.345. The molecular weight excluding hydrogens is 520 g/mol. The summed E-state index contributed by atoms with van der Waals surface area (Å²) in [4.78, 5) is 36.6. The molecule has 196 valence electrons. The molecule has 3 aromatic heterocycles. The van der Waals surface area contributed by atoms with Gasteiger partial charge in [0.1, 0.15) is 17.9 Å². The van der Waals surface area contributed by atoms with Gasteiger partial charge in [0.05, 0.1) is 36.0 Å². The lowest BCUT2D eigenvalue weighted by Gasteiger charge is -2.17. The highest BCUT2D eigenvalue weighted by atomic mass is 35.5. The third kappa shape index (κ3) is 4.57. The third-order valence-electron chi connectivity index (χ3n) is 6.54. The van der Waals surface area contributed by atoms with Crippen LogP contribution in [0.15, 0.2) is 67.1 Å². The number of hydrogen-bond acceptors (Lipinski definition) is 7. The van der Waals surface area contributed by atoms with Crippen LogP contribution < -0.4 is 15.0 Å². The number of aryl methyl sites for hydroxylation is 1. The topological polar surface area (TPSA) is 120 Å². The molecule has 1 aliphatic heterocycles. The van der Waals surface area contributed by atoms with Gasteiger partial charge in [-0.1, -0.05) is 23.7 Å². The van der Waals surface area contributed by atoms with Gasteiger partial charge >= 0.3 is 0 Å². The number of benzene rings is 2. The Morgan fingerprint density at radius 3 is 2.72 bits per heavy atom. The molecule has 1 fully saturated rings. The Morgan fingerprint density at radius 2 is 1.90 bits per heavy atom. The van der Waals surface area contributed by atoms with Crippen LogP contribution in [0, 0.1) is 12.8 Å². The third-order valence-corrected chi connectivity index (χ3v) is 6.78. The van der Waals surface area contributed by atoms with Crippen molar-refractivity contribution in [1.82, 2.24) is 29.5 Å². The van der Waals surface area contributed by atoms with Crippen molar-refractivity contribution in [3.8, 4) is 17.3 Å². The minimum absolute atomic E-state index is 0.0975. The minimum atomic E-state index is -0.539. The van der Waals surface area contributed by atoms with E-state index >= 15 is 0 Å². The largest absolute Gasteiger partial charge is 0.497 e. The van der Waals surface area contributed by atoms with Crippen molar-refractivity contribution in [3.05, 3.63) is 77.8 Å². The van der Waals surface area contributed by atoms with Gasteiger partial charge in [-0.2, -0.15) is 14.9 Å². The maximum Gasteiger partial charge on any atom is 0.230 e. The summed E-state index contributed by atoms with van der Waals surface area (Å²) < 4.78 is 8.49. The molecule has 0 bridgehead atoms. The van der Waals surface area contributed by atoms with E-state index in [-0.39, 0.29) is 24.8 Å². The number of ether oxygens (including phenoxy) is 1. The number of halogens is 1. The van der Waals surface area contributed by atoms with Gasteiger partial charge in [-0.3, -0.25) is 9.59 Å². The minimum Gasteiger partial charge on any atom is -0.497 e. The summed E-state index contributed by atoms with van der Waals surface area (Å²) >= 11 is 6.17. The molecule has 5 aromatic rings. The molecule has 0 radical (unpaired) electrons. The molecule has 12 heteroatoms. The van der Waals surface area contributed by atoms with Gasteiger partial charge < -0.3 is 15.0 Å². The van der Waals surface area contributed by atoms with Gasteiger partial charge in [0.2, 0.25) is 11.8 Å². The van der Waals surface area contributed by atoms with Crippen LogP contribution in [-0.4, -0.2) is 55.0 Å². The lowest BCUT2D eigenvalue weighted by molar-refractivity contribution is -0.122. The van der Waals surface area contributed by atoms with Crippen LogP contribution in [-0.2, 0) is 9.59 Å². The van der Waals surface area contributed by atoms with Crippen LogP contribution >= 0.6 is 11.6 Å². The van der Waals surface area contributed by atoms with E-state index in [4.69, 9.17) is 16.3 Å². The predicted octanol–water partition coefficient (Wildman–Crippen LogP) is 3.96. The van der Waals surface area contributed by atoms with E-state index in [1.54, 1.807) is 57.9 Å². The number of carbonyl (C=O) groups is 2. The van der Waals surface area contributed by atoms with Gasteiger partial charge in [-0.05, 0) is 37.3 Å². The smallest absolute Gasteiger partial charge is 0.230 e. The van der Waals surface area contributed by atoms with Gasteiger partial charge in [-0.25, -0.2) is 14.6 Å². The fraction of sp³-hybridized carbons (Fsp3) is 0.185. The molecule has 6 rings (SSSR count). The SMILES string of the molecule is COc1cccc(N2CC(C(=O)Nc3cc(C)nn3-c3ncnc4c3cnn4-c3cccc(Cl)c3)CC2=O)c1. The summed E-state index contributed by atoms with van der Waals surface area (Å²) in [7, 11) is 1.57. The number of rotatable bonds is 6. The Labute approximate surface area is 228 Å². The second-order valence-electron chi connectivity index (χ2n) is 9.15. The number of carbonyl (C=O) groups excluding carboxylic acids is 2. The van der Waals surface area contributed by atoms with Crippen molar-refractivity contribution in [3.63, 3.8) is 0 Å². The van der Waals surface area contributed by atoms with Crippen LogP contribution in [0.4, 0.5) is 11.5 Å². The Kier molecular flexibility index (Phi) is 6.20. The van der Waals surface area contributed by atoms with Crippen LogP contribution in [0.3, 0.4) is 0 Å². The number of amides is 2. The molecule has 4 heterocycles. The first-order valence-corrected chi connectivity index (χ1v) is 12.6. The van der Waals surface area contributed by atoms with Gasteiger partial charge in [0.25, 0.3) is 0 Å². The Bertz CT molecular complexity index is 1730. The fourth-order valence-corrected chi connectivity index (χ4v) is 4.87. The molecule has 1 saturated heterocycles. The molecule has 0 spiro atoms. The number of anilines is 2. The number of nitrogens with one attached hydrogen (secondary N) is 1. The second kappa shape index (κ2) is 9.84.